The lowest BCUT2D eigenvalue weighted by Gasteiger charge is -2.36. The van der Waals surface area contributed by atoms with Gasteiger partial charge in [0.05, 0.1) is 16.6 Å². The number of amides is 4. The molecule has 8 rings (SSSR count). The van der Waals surface area contributed by atoms with Crippen molar-refractivity contribution >= 4 is 63.2 Å². The number of piperazine rings is 1. The monoisotopic (exact) mass is 948 g/mol. The first-order valence-corrected chi connectivity index (χ1v) is 23.0. The van der Waals surface area contributed by atoms with Gasteiger partial charge in [0.2, 0.25) is 0 Å². The van der Waals surface area contributed by atoms with Crippen LogP contribution in [0.3, 0.4) is 0 Å². The fourth-order valence-electron chi connectivity index (χ4n) is 8.11. The van der Waals surface area contributed by atoms with Gasteiger partial charge in [-0.1, -0.05) is 69.3 Å². The molecule has 5 heterocycles. The van der Waals surface area contributed by atoms with Gasteiger partial charge in [-0.3, -0.25) is 24.5 Å². The number of rotatable bonds is 7. The standard InChI is InChI=1S/C35H42N6O4.C18H18N4O3/c1-34(2,3)30-29(31(42)37-26-13-15-36-16-14-26)27-21-25(11-12-28(27)41(30)33(44)45)24-9-7-23(8-10-24)22-39-17-19-40(20-18-39)32(43)38-35(4,5)6;1-18(2,3)25-17(24)22-14-7-5-4-6-13(14)15(21-22)16(23)20-12-8-10-19-11-9-12/h7-16,21H,17-20,22H2,1-6H3,(H,38,43)(H,44,45)(H,36,37,42);4-11H,1-3H3,(H,19,20,23). The predicted molar refractivity (Wildman–Crippen MR) is 270 cm³/mol. The van der Waals surface area contributed by atoms with E-state index in [-0.39, 0.29) is 23.2 Å². The molecule has 0 aliphatic carbocycles. The fourth-order valence-corrected chi connectivity index (χ4v) is 8.11. The van der Waals surface area contributed by atoms with Gasteiger partial charge in [-0.2, -0.15) is 9.78 Å². The van der Waals surface area contributed by atoms with Crippen molar-refractivity contribution in [2.45, 2.75) is 85.4 Å². The number of pyridine rings is 2. The number of carbonyl (C=O) groups excluding carboxylic acids is 4. The van der Waals surface area contributed by atoms with Crippen LogP contribution in [0.5, 0.6) is 0 Å². The van der Waals surface area contributed by atoms with Gasteiger partial charge in [0.1, 0.15) is 5.60 Å². The van der Waals surface area contributed by atoms with E-state index < -0.39 is 29.1 Å². The lowest BCUT2D eigenvalue weighted by Crippen LogP contribution is -2.54. The number of nitrogens with one attached hydrogen (secondary N) is 3. The molecule has 70 heavy (non-hydrogen) atoms. The first-order valence-electron chi connectivity index (χ1n) is 23.0. The molecule has 0 spiro atoms. The minimum Gasteiger partial charge on any atom is -0.464 e. The minimum atomic E-state index is -1.14. The summed E-state index contributed by atoms with van der Waals surface area (Å²) in [4.78, 5) is 75.9. The van der Waals surface area contributed by atoms with Crippen molar-refractivity contribution in [2.24, 2.45) is 0 Å². The molecular formula is C53H60N10O7. The second kappa shape index (κ2) is 20.4. The Kier molecular flexibility index (Phi) is 14.5. The molecule has 1 aliphatic heterocycles. The van der Waals surface area contributed by atoms with E-state index in [1.807, 2.05) is 58.6 Å². The molecule has 1 aliphatic rings. The number of aromatic nitrogens is 5. The second-order valence-corrected chi connectivity index (χ2v) is 20.1. The molecule has 0 atom stereocenters. The van der Waals surface area contributed by atoms with E-state index in [0.29, 0.717) is 57.5 Å². The Morgan fingerprint density at radius 3 is 1.79 bits per heavy atom. The highest BCUT2D eigenvalue weighted by atomic mass is 16.6. The summed E-state index contributed by atoms with van der Waals surface area (Å²) in [5.74, 6) is -0.788. The molecule has 0 radical (unpaired) electrons. The Labute approximate surface area is 406 Å². The molecule has 364 valence electrons. The van der Waals surface area contributed by atoms with Gasteiger partial charge in [-0.05, 0) is 101 Å². The smallest absolute Gasteiger partial charge is 0.435 e. The summed E-state index contributed by atoms with van der Waals surface area (Å²) in [6, 6.07) is 27.6. The van der Waals surface area contributed by atoms with Crippen LogP contribution < -0.4 is 16.0 Å². The normalized spacial score (nSPS) is 13.3. The van der Waals surface area contributed by atoms with Gasteiger partial charge in [0.15, 0.2) is 5.69 Å². The number of benzene rings is 3. The summed E-state index contributed by atoms with van der Waals surface area (Å²) < 4.78 is 7.71. The third kappa shape index (κ3) is 12.0. The molecule has 17 nitrogen and oxygen atoms in total. The molecule has 4 aromatic heterocycles. The van der Waals surface area contributed by atoms with E-state index >= 15 is 0 Å². The van der Waals surface area contributed by atoms with Crippen molar-refractivity contribution in [3.8, 4) is 11.1 Å². The topological polar surface area (TPSA) is 206 Å². The summed E-state index contributed by atoms with van der Waals surface area (Å²) in [5.41, 5.74) is 4.52. The summed E-state index contributed by atoms with van der Waals surface area (Å²) in [7, 11) is 0. The van der Waals surface area contributed by atoms with Crippen LogP contribution >= 0.6 is 0 Å². The quantitative estimate of drug-likeness (QED) is 0.118. The van der Waals surface area contributed by atoms with Gasteiger partial charge in [-0.15, -0.1) is 0 Å². The van der Waals surface area contributed by atoms with Crippen LogP contribution in [0.15, 0.2) is 116 Å². The van der Waals surface area contributed by atoms with E-state index in [0.717, 1.165) is 41.0 Å². The molecule has 4 amide bonds. The molecule has 4 N–H and O–H groups in total. The van der Waals surface area contributed by atoms with Gasteiger partial charge in [0, 0.05) is 96.3 Å². The van der Waals surface area contributed by atoms with E-state index in [2.05, 4.69) is 60.2 Å². The minimum absolute atomic E-state index is 0.0187. The van der Waals surface area contributed by atoms with E-state index in [1.165, 1.54) is 4.57 Å². The van der Waals surface area contributed by atoms with E-state index in [1.54, 1.807) is 100 Å². The molecule has 0 unspecified atom stereocenters. The fraction of sp³-hybridized carbons (Fsp3) is 0.321. The largest absolute Gasteiger partial charge is 0.464 e. The second-order valence-electron chi connectivity index (χ2n) is 20.1. The van der Waals surface area contributed by atoms with Gasteiger partial charge >= 0.3 is 18.2 Å². The number of carbonyl (C=O) groups is 5. The number of carboxylic acid groups (broad SMARTS) is 1. The van der Waals surface area contributed by atoms with Crippen LogP contribution in [0.25, 0.3) is 32.9 Å². The molecule has 0 bridgehead atoms. The van der Waals surface area contributed by atoms with Crippen LogP contribution in [0.1, 0.15) is 94.4 Å². The van der Waals surface area contributed by atoms with Crippen molar-refractivity contribution in [3.05, 3.63) is 138 Å². The summed E-state index contributed by atoms with van der Waals surface area (Å²) in [5, 5.41) is 24.3. The van der Waals surface area contributed by atoms with Crippen LogP contribution in [0.4, 0.5) is 25.8 Å². The maximum Gasteiger partial charge on any atom is 0.435 e. The van der Waals surface area contributed by atoms with E-state index in [4.69, 9.17) is 4.74 Å². The summed E-state index contributed by atoms with van der Waals surface area (Å²) in [6.07, 6.45) is 4.57. The zero-order valence-electron chi connectivity index (χ0n) is 41.0. The highest BCUT2D eigenvalue weighted by Crippen LogP contribution is 2.37. The Hall–Kier alpha value is -7.92. The van der Waals surface area contributed by atoms with Crippen LogP contribution in [-0.4, -0.2) is 107 Å². The molecule has 7 aromatic rings. The average molecular weight is 949 g/mol. The Morgan fingerprint density at radius 2 is 1.23 bits per heavy atom. The Balaban J connectivity index is 0.000000243. The summed E-state index contributed by atoms with van der Waals surface area (Å²) >= 11 is 0. The Morgan fingerprint density at radius 1 is 0.657 bits per heavy atom. The highest BCUT2D eigenvalue weighted by Gasteiger charge is 2.33. The van der Waals surface area contributed by atoms with Gasteiger partial charge in [0.25, 0.3) is 11.8 Å². The number of anilines is 2. The summed E-state index contributed by atoms with van der Waals surface area (Å²) in [6.45, 7) is 20.7. The first kappa shape index (κ1) is 50.0. The maximum atomic E-state index is 13.8. The maximum absolute atomic E-state index is 13.8. The van der Waals surface area contributed by atoms with Crippen molar-refractivity contribution in [2.75, 3.05) is 36.8 Å². The molecule has 0 saturated carbocycles. The zero-order chi connectivity index (χ0) is 50.5. The molecule has 17 heteroatoms. The number of ether oxygens (including phenoxy) is 1. The number of fused-ring (bicyclic) bond motifs is 2. The lowest BCUT2D eigenvalue weighted by molar-refractivity contribution is 0.0522. The molecule has 1 saturated heterocycles. The number of para-hydroxylation sites is 1. The highest BCUT2D eigenvalue weighted by molar-refractivity contribution is 6.16. The van der Waals surface area contributed by atoms with Gasteiger partial charge < -0.3 is 30.7 Å². The predicted octanol–water partition coefficient (Wildman–Crippen LogP) is 9.87. The van der Waals surface area contributed by atoms with Crippen LogP contribution in [0, 0.1) is 0 Å². The van der Waals surface area contributed by atoms with Crippen molar-refractivity contribution in [1.82, 2.24) is 39.4 Å². The molecular weight excluding hydrogens is 889 g/mol. The lowest BCUT2D eigenvalue weighted by atomic mass is 9.88. The van der Waals surface area contributed by atoms with Crippen molar-refractivity contribution in [1.29, 1.82) is 0 Å². The Bertz CT molecular complexity index is 3030. The first-order chi connectivity index (χ1) is 33.1. The third-order valence-corrected chi connectivity index (χ3v) is 11.2. The van der Waals surface area contributed by atoms with E-state index in [9.17, 15) is 29.1 Å². The van der Waals surface area contributed by atoms with Crippen molar-refractivity contribution in [3.63, 3.8) is 0 Å². The number of hydrogen-bond donors (Lipinski definition) is 4. The zero-order valence-corrected chi connectivity index (χ0v) is 41.0. The van der Waals surface area contributed by atoms with Crippen LogP contribution in [-0.2, 0) is 16.7 Å². The van der Waals surface area contributed by atoms with Crippen LogP contribution in [0.2, 0.25) is 0 Å². The molecule has 1 fully saturated rings. The van der Waals surface area contributed by atoms with Crippen molar-refractivity contribution < 1.29 is 33.8 Å². The van der Waals surface area contributed by atoms with Gasteiger partial charge in [-0.25, -0.2) is 19.0 Å². The number of hydrogen-bond acceptors (Lipinski definition) is 10. The number of urea groups is 1. The molecule has 3 aromatic carbocycles. The number of nitrogens with zero attached hydrogens (tertiary/aromatic N) is 7. The third-order valence-electron chi connectivity index (χ3n) is 11.2. The SMILES string of the molecule is CC(C)(C)NC(=O)N1CCN(Cc2ccc(-c3ccc4c(c3)c(C(=O)Nc3ccncc3)c(C(C)(C)C)n4C(=O)O)cc2)CC1.CC(C)(C)OC(=O)n1nc(C(=O)Nc2ccncc2)c2ccccc21. The average Bonchev–Trinajstić information content (AvgIpc) is 3.87.